The second kappa shape index (κ2) is 7.56. The average Bonchev–Trinajstić information content (AvgIpc) is 2.46. The molecule has 0 radical (unpaired) electrons. The molecular formula is C17H22FNO2. The molecule has 1 fully saturated rings. The van der Waals surface area contributed by atoms with Gasteiger partial charge in [-0.15, -0.1) is 0 Å². The van der Waals surface area contributed by atoms with Gasteiger partial charge >= 0.3 is 0 Å². The summed E-state index contributed by atoms with van der Waals surface area (Å²) in [5.74, 6) is 5.79. The van der Waals surface area contributed by atoms with E-state index in [1.807, 2.05) is 0 Å². The van der Waals surface area contributed by atoms with Crippen LogP contribution in [0.15, 0.2) is 18.2 Å². The highest BCUT2D eigenvalue weighted by atomic mass is 19.1. The number of nitrogens with zero attached hydrogens (tertiary/aromatic N) is 1. The Balaban J connectivity index is 2.11. The summed E-state index contributed by atoms with van der Waals surface area (Å²) in [6.07, 6.45) is 1.05. The highest BCUT2D eigenvalue weighted by Gasteiger charge is 2.24. The Bertz CT molecular complexity index is 535. The molecule has 0 aliphatic carbocycles. The number of halogens is 1. The van der Waals surface area contributed by atoms with Crippen molar-refractivity contribution in [2.45, 2.75) is 32.4 Å². The number of aliphatic hydroxyl groups is 2. The van der Waals surface area contributed by atoms with E-state index in [-0.39, 0.29) is 18.5 Å². The van der Waals surface area contributed by atoms with Crippen LogP contribution >= 0.6 is 0 Å². The van der Waals surface area contributed by atoms with Crippen LogP contribution < -0.4 is 0 Å². The maximum Gasteiger partial charge on any atom is 0.124 e. The minimum absolute atomic E-state index is 0.00779. The van der Waals surface area contributed by atoms with Gasteiger partial charge in [0.15, 0.2) is 0 Å². The second-order valence-electron chi connectivity index (χ2n) is 5.65. The van der Waals surface area contributed by atoms with Crippen molar-refractivity contribution in [1.29, 1.82) is 0 Å². The molecule has 4 heteroatoms. The lowest BCUT2D eigenvalue weighted by Gasteiger charge is -2.34. The van der Waals surface area contributed by atoms with Crippen LogP contribution in [0.2, 0.25) is 0 Å². The number of hydrogen-bond donors (Lipinski definition) is 2. The SMILES string of the molecule is CC1CCN(Cc2ccc(F)cc2C#CCCO)CC1O. The van der Waals surface area contributed by atoms with Crippen molar-refractivity contribution in [3.05, 3.63) is 35.1 Å². The first-order chi connectivity index (χ1) is 10.1. The molecule has 2 unspecified atom stereocenters. The zero-order valence-electron chi connectivity index (χ0n) is 12.3. The van der Waals surface area contributed by atoms with Crippen molar-refractivity contribution in [2.24, 2.45) is 5.92 Å². The van der Waals surface area contributed by atoms with Crippen LogP contribution in [0.4, 0.5) is 4.39 Å². The van der Waals surface area contributed by atoms with Crippen molar-refractivity contribution in [3.63, 3.8) is 0 Å². The van der Waals surface area contributed by atoms with Crippen molar-refractivity contribution in [1.82, 2.24) is 4.90 Å². The maximum absolute atomic E-state index is 13.4. The summed E-state index contributed by atoms with van der Waals surface area (Å²) in [6.45, 7) is 4.30. The zero-order valence-corrected chi connectivity index (χ0v) is 12.3. The van der Waals surface area contributed by atoms with Crippen LogP contribution in [0.5, 0.6) is 0 Å². The molecule has 0 saturated carbocycles. The van der Waals surface area contributed by atoms with E-state index in [0.717, 1.165) is 18.5 Å². The molecule has 2 atom stereocenters. The first-order valence-electron chi connectivity index (χ1n) is 7.38. The third-order valence-electron chi connectivity index (χ3n) is 3.93. The van der Waals surface area contributed by atoms with E-state index in [9.17, 15) is 9.50 Å². The van der Waals surface area contributed by atoms with Gasteiger partial charge in [0.2, 0.25) is 0 Å². The van der Waals surface area contributed by atoms with Crippen molar-refractivity contribution < 1.29 is 14.6 Å². The quantitative estimate of drug-likeness (QED) is 0.834. The monoisotopic (exact) mass is 291 g/mol. The first-order valence-corrected chi connectivity index (χ1v) is 7.38. The predicted molar refractivity (Wildman–Crippen MR) is 80.0 cm³/mol. The second-order valence-corrected chi connectivity index (χ2v) is 5.65. The first kappa shape index (κ1) is 16.0. The number of likely N-dealkylation sites (tertiary alicyclic amines) is 1. The summed E-state index contributed by atoms with van der Waals surface area (Å²) in [7, 11) is 0. The standard InChI is InChI=1S/C17H22FNO2/c1-13-7-8-19(12-17(13)21)11-15-5-6-16(18)10-14(15)4-2-3-9-20/h5-6,10,13,17,20-21H,3,7-9,11-12H2,1H3. The smallest absolute Gasteiger partial charge is 0.124 e. The Labute approximate surface area is 125 Å². The predicted octanol–water partition coefficient (Wildman–Crippen LogP) is 1.76. The molecule has 0 bridgehead atoms. The maximum atomic E-state index is 13.4. The fourth-order valence-electron chi connectivity index (χ4n) is 2.52. The minimum atomic E-state index is -0.306. The number of benzene rings is 1. The Hall–Kier alpha value is -1.41. The number of rotatable bonds is 3. The van der Waals surface area contributed by atoms with Gasteiger partial charge in [-0.3, -0.25) is 4.90 Å². The van der Waals surface area contributed by atoms with Crippen LogP contribution in [-0.4, -0.2) is 40.9 Å². The van der Waals surface area contributed by atoms with Crippen LogP contribution in [0, 0.1) is 23.6 Å². The van der Waals surface area contributed by atoms with Crippen molar-refractivity contribution in [3.8, 4) is 11.8 Å². The van der Waals surface area contributed by atoms with Crippen LogP contribution in [0.25, 0.3) is 0 Å². The number of β-amino-alcohol motifs (C(OH)–C–C–N with tert-alkyl or cyclic N) is 1. The minimum Gasteiger partial charge on any atom is -0.395 e. The highest BCUT2D eigenvalue weighted by Crippen LogP contribution is 2.20. The Morgan fingerprint density at radius 2 is 2.24 bits per heavy atom. The molecule has 1 aromatic carbocycles. The molecule has 114 valence electrons. The van der Waals surface area contributed by atoms with Crippen LogP contribution in [0.1, 0.15) is 30.9 Å². The van der Waals surface area contributed by atoms with Gasteiger partial charge < -0.3 is 10.2 Å². The largest absolute Gasteiger partial charge is 0.395 e. The van der Waals surface area contributed by atoms with Crippen LogP contribution in [-0.2, 0) is 6.54 Å². The summed E-state index contributed by atoms with van der Waals surface area (Å²) in [5.41, 5.74) is 1.63. The van der Waals surface area contributed by atoms with Crippen molar-refractivity contribution >= 4 is 0 Å². The molecule has 21 heavy (non-hydrogen) atoms. The van der Waals surface area contributed by atoms with Gasteiger partial charge in [0.05, 0.1) is 12.7 Å². The summed E-state index contributed by atoms with van der Waals surface area (Å²) in [4.78, 5) is 2.18. The Morgan fingerprint density at radius 1 is 1.43 bits per heavy atom. The normalized spacial score (nSPS) is 22.7. The molecule has 0 amide bonds. The fourth-order valence-corrected chi connectivity index (χ4v) is 2.52. The van der Waals surface area contributed by atoms with Gasteiger partial charge in [0.25, 0.3) is 0 Å². The van der Waals surface area contributed by atoms with Gasteiger partial charge in [-0.05, 0) is 36.6 Å². The lowest BCUT2D eigenvalue weighted by atomic mass is 9.95. The van der Waals surface area contributed by atoms with E-state index in [1.165, 1.54) is 12.1 Å². The molecule has 1 aliphatic rings. The molecule has 1 aromatic rings. The molecular weight excluding hydrogens is 269 g/mol. The van der Waals surface area contributed by atoms with Crippen molar-refractivity contribution in [2.75, 3.05) is 19.7 Å². The number of hydrogen-bond acceptors (Lipinski definition) is 3. The summed E-state index contributed by atoms with van der Waals surface area (Å²) < 4.78 is 13.4. The lowest BCUT2D eigenvalue weighted by Crippen LogP contribution is -2.42. The topological polar surface area (TPSA) is 43.7 Å². The lowest BCUT2D eigenvalue weighted by molar-refractivity contribution is 0.0259. The number of aliphatic hydroxyl groups excluding tert-OH is 2. The van der Waals surface area contributed by atoms with E-state index in [0.29, 0.717) is 31.0 Å². The summed E-state index contributed by atoms with van der Waals surface area (Å²) in [5, 5.41) is 18.7. The Kier molecular flexibility index (Phi) is 5.75. The number of piperidine rings is 1. The van der Waals surface area contributed by atoms with Gasteiger partial charge in [0.1, 0.15) is 5.82 Å². The van der Waals surface area contributed by atoms with Gasteiger partial charge in [0, 0.05) is 25.1 Å². The summed E-state index contributed by atoms with van der Waals surface area (Å²) >= 11 is 0. The fraction of sp³-hybridized carbons (Fsp3) is 0.529. The molecule has 2 rings (SSSR count). The highest BCUT2D eigenvalue weighted by molar-refractivity contribution is 5.41. The average molecular weight is 291 g/mol. The summed E-state index contributed by atoms with van der Waals surface area (Å²) in [6, 6.07) is 4.63. The zero-order chi connectivity index (χ0) is 15.2. The third kappa shape index (κ3) is 4.53. The van der Waals surface area contributed by atoms with Gasteiger partial charge in [-0.25, -0.2) is 4.39 Å². The van der Waals surface area contributed by atoms with E-state index >= 15 is 0 Å². The molecule has 0 spiro atoms. The molecule has 1 aliphatic heterocycles. The van der Waals surface area contributed by atoms with E-state index in [4.69, 9.17) is 5.11 Å². The Morgan fingerprint density at radius 3 is 2.95 bits per heavy atom. The molecule has 0 aromatic heterocycles. The van der Waals surface area contributed by atoms with E-state index in [1.54, 1.807) is 6.07 Å². The van der Waals surface area contributed by atoms with Gasteiger partial charge in [-0.2, -0.15) is 0 Å². The molecule has 2 N–H and O–H groups in total. The van der Waals surface area contributed by atoms with Crippen LogP contribution in [0.3, 0.4) is 0 Å². The molecule has 1 saturated heterocycles. The van der Waals surface area contributed by atoms with Gasteiger partial charge in [-0.1, -0.05) is 24.8 Å². The molecule has 1 heterocycles. The third-order valence-corrected chi connectivity index (χ3v) is 3.93. The molecule has 3 nitrogen and oxygen atoms in total. The van der Waals surface area contributed by atoms with E-state index < -0.39 is 0 Å². The van der Waals surface area contributed by atoms with E-state index in [2.05, 4.69) is 23.7 Å².